The van der Waals surface area contributed by atoms with Crippen LogP contribution in [0.5, 0.6) is 0 Å². The number of nitrogens with one attached hydrogen (secondary N) is 2. The summed E-state index contributed by atoms with van der Waals surface area (Å²) >= 11 is 5.98. The van der Waals surface area contributed by atoms with Crippen molar-refractivity contribution in [3.05, 3.63) is 70.5 Å². The first-order valence-electron chi connectivity index (χ1n) is 7.81. The lowest BCUT2D eigenvalue weighted by molar-refractivity contribution is -0.143. The van der Waals surface area contributed by atoms with Gasteiger partial charge < -0.3 is 10.1 Å². The molecule has 6 nitrogen and oxygen atoms in total. The Balaban J connectivity index is 1.78. The number of aryl methyl sites for hydroxylation is 1. The highest BCUT2D eigenvalue weighted by Crippen LogP contribution is 2.17. The van der Waals surface area contributed by atoms with Gasteiger partial charge in [0.05, 0.1) is 5.69 Å². The van der Waals surface area contributed by atoms with Crippen LogP contribution in [0, 0.1) is 12.7 Å². The predicted octanol–water partition coefficient (Wildman–Crippen LogP) is 3.69. The number of hydrogen-bond acceptors (Lipinski definition) is 4. The molecule has 2 rings (SSSR count). The number of amides is 3. The maximum atomic E-state index is 13.4. The number of hydrogen-bond donors (Lipinski definition) is 2. The van der Waals surface area contributed by atoms with Crippen molar-refractivity contribution in [1.29, 1.82) is 0 Å². The molecule has 0 fully saturated rings. The third kappa shape index (κ3) is 6.56. The zero-order chi connectivity index (χ0) is 19.8. The summed E-state index contributed by atoms with van der Waals surface area (Å²) in [6.45, 7) is 1.19. The van der Waals surface area contributed by atoms with Crippen LogP contribution in [0.3, 0.4) is 0 Å². The van der Waals surface area contributed by atoms with Gasteiger partial charge >= 0.3 is 12.0 Å². The first-order valence-corrected chi connectivity index (χ1v) is 8.19. The molecule has 0 radical (unpaired) electrons. The minimum Gasteiger partial charge on any atom is -0.452 e. The van der Waals surface area contributed by atoms with Crippen LogP contribution in [0.4, 0.5) is 14.9 Å². The lowest BCUT2D eigenvalue weighted by Crippen LogP contribution is -2.37. The molecule has 2 N–H and O–H groups in total. The fraction of sp³-hybridized carbons (Fsp3) is 0.105. The summed E-state index contributed by atoms with van der Waals surface area (Å²) in [5.74, 6) is -2.27. The molecule has 0 aliphatic heterocycles. The Labute approximate surface area is 160 Å². The molecule has 0 unspecified atom stereocenters. The first-order chi connectivity index (χ1) is 12.8. The van der Waals surface area contributed by atoms with Crippen LogP contribution in [0.25, 0.3) is 6.08 Å². The third-order valence-electron chi connectivity index (χ3n) is 3.33. The van der Waals surface area contributed by atoms with Crippen molar-refractivity contribution in [1.82, 2.24) is 5.32 Å². The lowest BCUT2D eigenvalue weighted by atomic mass is 10.1. The van der Waals surface area contributed by atoms with Gasteiger partial charge in [0.1, 0.15) is 5.82 Å². The molecule has 140 valence electrons. The summed E-state index contributed by atoms with van der Waals surface area (Å²) in [7, 11) is 0. The van der Waals surface area contributed by atoms with Crippen LogP contribution >= 0.6 is 11.6 Å². The van der Waals surface area contributed by atoms with Crippen LogP contribution in [0.1, 0.15) is 11.1 Å². The van der Waals surface area contributed by atoms with E-state index in [0.717, 1.165) is 17.7 Å². The monoisotopic (exact) mass is 390 g/mol. The Kier molecular flexibility index (Phi) is 7.08. The van der Waals surface area contributed by atoms with E-state index in [1.807, 2.05) is 12.2 Å². The minimum atomic E-state index is -0.939. The van der Waals surface area contributed by atoms with E-state index >= 15 is 0 Å². The van der Waals surface area contributed by atoms with E-state index in [9.17, 15) is 18.8 Å². The number of benzene rings is 2. The summed E-state index contributed by atoms with van der Waals surface area (Å²) < 4.78 is 18.1. The number of imide groups is 1. The molecule has 0 spiro atoms. The van der Waals surface area contributed by atoms with E-state index in [1.54, 1.807) is 18.2 Å². The largest absolute Gasteiger partial charge is 0.452 e. The van der Waals surface area contributed by atoms with E-state index in [0.29, 0.717) is 10.6 Å². The van der Waals surface area contributed by atoms with E-state index in [4.69, 9.17) is 16.3 Å². The molecule has 0 aliphatic rings. The molecular weight excluding hydrogens is 375 g/mol. The zero-order valence-corrected chi connectivity index (χ0v) is 15.0. The van der Waals surface area contributed by atoms with Gasteiger partial charge in [0, 0.05) is 11.1 Å². The molecule has 2 aromatic rings. The van der Waals surface area contributed by atoms with Crippen molar-refractivity contribution in [2.75, 3.05) is 11.9 Å². The molecule has 0 bridgehead atoms. The highest BCUT2D eigenvalue weighted by Gasteiger charge is 2.11. The van der Waals surface area contributed by atoms with E-state index < -0.39 is 30.3 Å². The number of halogens is 2. The average Bonchev–Trinajstić information content (AvgIpc) is 2.63. The summed E-state index contributed by atoms with van der Waals surface area (Å²) in [4.78, 5) is 34.8. The Morgan fingerprint density at radius 2 is 1.93 bits per heavy atom. The molecular formula is C19H16ClFN2O4. The molecule has 3 amide bonds. The van der Waals surface area contributed by atoms with Crippen LogP contribution in [0.15, 0.2) is 48.5 Å². The quantitative estimate of drug-likeness (QED) is 0.602. The number of urea groups is 1. The maximum absolute atomic E-state index is 13.4. The SMILES string of the molecule is Cc1ccc(/C=C/C(=O)OCC(=O)NC(=O)Nc2ccccc2F)cc1Cl. The maximum Gasteiger partial charge on any atom is 0.331 e. The Morgan fingerprint density at radius 1 is 1.19 bits per heavy atom. The van der Waals surface area contributed by atoms with Gasteiger partial charge in [-0.3, -0.25) is 10.1 Å². The first kappa shape index (κ1) is 20.1. The van der Waals surface area contributed by atoms with E-state index in [-0.39, 0.29) is 5.69 Å². The van der Waals surface area contributed by atoms with E-state index in [2.05, 4.69) is 5.32 Å². The standard InChI is InChI=1S/C19H16ClFN2O4/c1-12-6-7-13(10-14(12)20)8-9-18(25)27-11-17(24)23-19(26)22-16-5-3-2-4-15(16)21/h2-10H,11H2,1H3,(H2,22,23,24,26)/b9-8+. The van der Waals surface area contributed by atoms with Gasteiger partial charge in [0.2, 0.25) is 0 Å². The number of carbonyl (C=O) groups is 3. The average molecular weight is 391 g/mol. The Morgan fingerprint density at radius 3 is 2.63 bits per heavy atom. The van der Waals surface area contributed by atoms with Crippen LogP contribution in [-0.4, -0.2) is 24.5 Å². The summed E-state index contributed by atoms with van der Waals surface area (Å²) in [5.41, 5.74) is 1.51. The fourth-order valence-electron chi connectivity index (χ4n) is 1.94. The number of rotatable bonds is 5. The summed E-state index contributed by atoms with van der Waals surface area (Å²) in [5, 5.41) is 4.66. The third-order valence-corrected chi connectivity index (χ3v) is 3.74. The molecule has 0 heterocycles. The second kappa shape index (κ2) is 9.49. The molecule has 0 aromatic heterocycles. The second-order valence-corrected chi connectivity index (χ2v) is 5.84. The number of carbonyl (C=O) groups excluding carboxylic acids is 3. The van der Waals surface area contributed by atoms with Gasteiger partial charge in [-0.05, 0) is 42.3 Å². The number of anilines is 1. The van der Waals surface area contributed by atoms with Crippen molar-refractivity contribution in [2.24, 2.45) is 0 Å². The molecule has 0 atom stereocenters. The summed E-state index contributed by atoms with van der Waals surface area (Å²) in [6, 6.07) is 9.79. The normalized spacial score (nSPS) is 10.5. The Hall–Kier alpha value is -3.19. The fourth-order valence-corrected chi connectivity index (χ4v) is 2.13. The van der Waals surface area contributed by atoms with Gasteiger partial charge in [0.25, 0.3) is 5.91 Å². The highest BCUT2D eigenvalue weighted by molar-refractivity contribution is 6.31. The molecule has 8 heteroatoms. The highest BCUT2D eigenvalue weighted by atomic mass is 35.5. The minimum absolute atomic E-state index is 0.0838. The molecule has 2 aromatic carbocycles. The zero-order valence-electron chi connectivity index (χ0n) is 14.3. The van der Waals surface area contributed by atoms with Gasteiger partial charge in [-0.1, -0.05) is 35.9 Å². The van der Waals surface area contributed by atoms with Crippen molar-refractivity contribution >= 4 is 41.3 Å². The lowest BCUT2D eigenvalue weighted by Gasteiger charge is -2.07. The van der Waals surface area contributed by atoms with Crippen molar-refractivity contribution < 1.29 is 23.5 Å². The van der Waals surface area contributed by atoms with Crippen LogP contribution < -0.4 is 10.6 Å². The van der Waals surface area contributed by atoms with Gasteiger partial charge in [0.15, 0.2) is 6.61 Å². The summed E-state index contributed by atoms with van der Waals surface area (Å²) in [6.07, 6.45) is 2.62. The smallest absolute Gasteiger partial charge is 0.331 e. The van der Waals surface area contributed by atoms with Crippen LogP contribution in [-0.2, 0) is 14.3 Å². The topological polar surface area (TPSA) is 84.5 Å². The van der Waals surface area contributed by atoms with Crippen molar-refractivity contribution in [3.63, 3.8) is 0 Å². The number of esters is 1. The Bertz CT molecular complexity index is 899. The van der Waals surface area contributed by atoms with Crippen LogP contribution in [0.2, 0.25) is 5.02 Å². The molecule has 0 saturated carbocycles. The molecule has 0 aliphatic carbocycles. The van der Waals surface area contributed by atoms with E-state index in [1.165, 1.54) is 24.3 Å². The number of ether oxygens (including phenoxy) is 1. The van der Waals surface area contributed by atoms with Gasteiger partial charge in [-0.15, -0.1) is 0 Å². The van der Waals surface area contributed by atoms with Crippen molar-refractivity contribution in [2.45, 2.75) is 6.92 Å². The predicted molar refractivity (Wildman–Crippen MR) is 99.7 cm³/mol. The molecule has 0 saturated heterocycles. The second-order valence-electron chi connectivity index (χ2n) is 5.43. The van der Waals surface area contributed by atoms with Crippen molar-refractivity contribution in [3.8, 4) is 0 Å². The number of para-hydroxylation sites is 1. The van der Waals surface area contributed by atoms with Gasteiger partial charge in [-0.25, -0.2) is 14.0 Å². The molecule has 27 heavy (non-hydrogen) atoms. The van der Waals surface area contributed by atoms with Gasteiger partial charge in [-0.2, -0.15) is 0 Å².